The maximum atomic E-state index is 13.4. The van der Waals surface area contributed by atoms with Crippen molar-refractivity contribution in [1.29, 1.82) is 0 Å². The van der Waals surface area contributed by atoms with Gasteiger partial charge < -0.3 is 20.6 Å². The number of carbonyl (C=O) groups is 1. The van der Waals surface area contributed by atoms with Gasteiger partial charge >= 0.3 is 0 Å². The van der Waals surface area contributed by atoms with Gasteiger partial charge in [0.15, 0.2) is 21.5 Å². The number of sulfone groups is 1. The second-order valence-electron chi connectivity index (χ2n) is 9.07. The number of benzene rings is 2. The highest BCUT2D eigenvalue weighted by molar-refractivity contribution is 7.92. The summed E-state index contributed by atoms with van der Waals surface area (Å²) < 4.78 is 53.3. The molecular formula is C23H24ClF2NO6S. The molecule has 184 valence electrons. The first-order valence-electron chi connectivity index (χ1n) is 10.7. The maximum Gasteiger partial charge on any atom is 0.255 e. The number of carbonyl (C=O) groups excluding carboxylic acids is 1. The highest BCUT2D eigenvalue weighted by Gasteiger charge is 2.63. The molecule has 2 aromatic carbocycles. The molecular weight excluding hydrogens is 492 g/mol. The molecule has 0 aromatic heterocycles. The molecule has 0 heterocycles. The lowest BCUT2D eigenvalue weighted by Gasteiger charge is -2.60. The molecule has 4 atom stereocenters. The summed E-state index contributed by atoms with van der Waals surface area (Å²) in [7, 11) is -4.01. The molecule has 2 unspecified atom stereocenters. The van der Waals surface area contributed by atoms with Gasteiger partial charge in [-0.1, -0.05) is 11.6 Å². The van der Waals surface area contributed by atoms with E-state index in [0.717, 1.165) is 18.2 Å². The largest absolute Gasteiger partial charge is 0.391 e. The summed E-state index contributed by atoms with van der Waals surface area (Å²) in [6, 6.07) is 6.54. The van der Waals surface area contributed by atoms with Gasteiger partial charge in [-0.15, -0.1) is 0 Å². The summed E-state index contributed by atoms with van der Waals surface area (Å²) in [6.45, 7) is 1.36. The standard InChI is InChI=1S/C23H24ClF2NO6S/c1-11(28)21(29)23(31)13-7-14(23)9-16(8-13)34(32,33)20-6-12(2-4-17(20)24)22(30)27-15-3-5-18(25)19(26)10-15/h2-6,10-11,13-14,16,21,28-29,31H,7-9H2,1H3,(H,27,30)/t11-,13?,14?,16?,21-,23?/m1/s1. The smallest absolute Gasteiger partial charge is 0.255 e. The van der Waals surface area contributed by atoms with E-state index in [1.165, 1.54) is 25.1 Å². The zero-order chi connectivity index (χ0) is 25.0. The highest BCUT2D eigenvalue weighted by Crippen LogP contribution is 2.57. The number of anilines is 1. The molecule has 34 heavy (non-hydrogen) atoms. The van der Waals surface area contributed by atoms with E-state index >= 15 is 0 Å². The number of aliphatic hydroxyl groups excluding tert-OH is 2. The molecule has 7 nitrogen and oxygen atoms in total. The van der Waals surface area contributed by atoms with E-state index in [1.54, 1.807) is 0 Å². The van der Waals surface area contributed by atoms with Crippen molar-refractivity contribution in [1.82, 2.24) is 0 Å². The first-order valence-corrected chi connectivity index (χ1v) is 12.7. The Balaban J connectivity index is 1.56. The fourth-order valence-corrected chi connectivity index (χ4v) is 7.54. The minimum absolute atomic E-state index is 0.00780. The quantitative estimate of drug-likeness (QED) is 0.469. The molecule has 1 amide bonds. The number of fused-ring (bicyclic) bond motifs is 2. The third-order valence-electron chi connectivity index (χ3n) is 7.02. The maximum absolute atomic E-state index is 13.4. The van der Waals surface area contributed by atoms with Gasteiger partial charge in [0.25, 0.3) is 5.91 Å². The second-order valence-corrected chi connectivity index (χ2v) is 11.7. The van der Waals surface area contributed by atoms with Gasteiger partial charge in [-0.3, -0.25) is 4.79 Å². The van der Waals surface area contributed by atoms with Crippen molar-refractivity contribution in [3.05, 3.63) is 58.6 Å². The Morgan fingerprint density at radius 3 is 2.32 bits per heavy atom. The van der Waals surface area contributed by atoms with Gasteiger partial charge in [-0.05, 0) is 68.4 Å². The molecule has 0 radical (unpaired) electrons. The first-order chi connectivity index (χ1) is 15.9. The number of halogens is 3. The topological polar surface area (TPSA) is 124 Å². The van der Waals surface area contributed by atoms with Crippen LogP contribution in [0.5, 0.6) is 0 Å². The lowest BCUT2D eigenvalue weighted by Crippen LogP contribution is -2.69. The zero-order valence-electron chi connectivity index (χ0n) is 18.1. The van der Waals surface area contributed by atoms with Crippen molar-refractivity contribution in [2.75, 3.05) is 5.32 Å². The fourth-order valence-electron chi connectivity index (χ4n) is 5.14. The molecule has 2 aromatic rings. The van der Waals surface area contributed by atoms with Gasteiger partial charge in [0.1, 0.15) is 6.10 Å². The van der Waals surface area contributed by atoms with Crippen molar-refractivity contribution in [3.63, 3.8) is 0 Å². The number of nitrogens with one attached hydrogen (secondary N) is 1. The average molecular weight is 516 g/mol. The molecule has 0 aliphatic heterocycles. The molecule has 0 spiro atoms. The van der Waals surface area contributed by atoms with Crippen LogP contribution >= 0.6 is 11.6 Å². The van der Waals surface area contributed by atoms with E-state index in [4.69, 9.17) is 11.6 Å². The van der Waals surface area contributed by atoms with Crippen molar-refractivity contribution in [3.8, 4) is 0 Å². The van der Waals surface area contributed by atoms with Crippen LogP contribution in [0.3, 0.4) is 0 Å². The van der Waals surface area contributed by atoms with Crippen molar-refractivity contribution >= 4 is 33.0 Å². The van der Waals surface area contributed by atoms with E-state index in [9.17, 15) is 37.3 Å². The van der Waals surface area contributed by atoms with Gasteiger partial charge in [-0.2, -0.15) is 0 Å². The average Bonchev–Trinajstić information content (AvgIpc) is 2.80. The first kappa shape index (κ1) is 25.0. The van der Waals surface area contributed by atoms with Gasteiger partial charge in [0.05, 0.1) is 26.9 Å². The molecule has 3 saturated carbocycles. The van der Waals surface area contributed by atoms with Crippen LogP contribution in [-0.2, 0) is 9.84 Å². The van der Waals surface area contributed by atoms with Crippen LogP contribution < -0.4 is 5.32 Å². The molecule has 3 fully saturated rings. The Hall–Kier alpha value is -2.11. The third-order valence-corrected chi connectivity index (χ3v) is 9.67. The Morgan fingerprint density at radius 2 is 1.74 bits per heavy atom. The SMILES string of the molecule is C[C@@H](O)[C@@H](O)C1(O)C2CC1CC(S(=O)(=O)c1cc(C(=O)Nc3ccc(F)c(F)c3)ccc1Cl)C2. The van der Waals surface area contributed by atoms with Gasteiger partial charge in [0.2, 0.25) is 0 Å². The van der Waals surface area contributed by atoms with Gasteiger partial charge in [-0.25, -0.2) is 17.2 Å². The molecule has 5 rings (SSSR count). The van der Waals surface area contributed by atoms with Crippen LogP contribution in [0, 0.1) is 23.5 Å². The molecule has 4 N–H and O–H groups in total. The van der Waals surface area contributed by atoms with E-state index in [-0.39, 0.29) is 34.0 Å². The molecule has 0 saturated heterocycles. The summed E-state index contributed by atoms with van der Waals surface area (Å²) in [5.74, 6) is -3.96. The van der Waals surface area contributed by atoms with Crippen LogP contribution in [0.2, 0.25) is 5.02 Å². The molecule has 3 aliphatic rings. The van der Waals surface area contributed by atoms with Crippen molar-refractivity contribution in [2.24, 2.45) is 11.8 Å². The van der Waals surface area contributed by atoms with E-state index in [1.807, 2.05) is 0 Å². The number of hydrogen-bond acceptors (Lipinski definition) is 6. The Kier molecular flexibility index (Phi) is 6.50. The number of aliphatic hydroxyl groups is 3. The predicted octanol–water partition coefficient (Wildman–Crippen LogP) is 2.92. The predicted molar refractivity (Wildman–Crippen MR) is 120 cm³/mol. The van der Waals surface area contributed by atoms with Crippen LogP contribution in [0.15, 0.2) is 41.3 Å². The Labute approximate surface area is 200 Å². The lowest BCUT2D eigenvalue weighted by molar-refractivity contribution is -0.249. The normalized spacial score (nSPS) is 28.0. The van der Waals surface area contributed by atoms with Crippen molar-refractivity contribution in [2.45, 2.75) is 54.1 Å². The summed E-state index contributed by atoms with van der Waals surface area (Å²) in [6.07, 6.45) is -1.87. The summed E-state index contributed by atoms with van der Waals surface area (Å²) in [5.41, 5.74) is -1.60. The number of rotatable bonds is 6. The number of hydrogen-bond donors (Lipinski definition) is 4. The highest BCUT2D eigenvalue weighted by atomic mass is 35.5. The molecule has 11 heteroatoms. The summed E-state index contributed by atoms with van der Waals surface area (Å²) >= 11 is 6.17. The minimum Gasteiger partial charge on any atom is -0.391 e. The molecule has 2 bridgehead atoms. The van der Waals surface area contributed by atoms with E-state index < -0.39 is 62.3 Å². The third kappa shape index (κ3) is 4.11. The van der Waals surface area contributed by atoms with E-state index in [2.05, 4.69) is 5.32 Å². The van der Waals surface area contributed by atoms with Gasteiger partial charge in [0, 0.05) is 17.3 Å². The summed E-state index contributed by atoms with van der Waals surface area (Å²) in [5, 5.41) is 32.3. The fraction of sp³-hybridized carbons (Fsp3) is 0.435. The zero-order valence-corrected chi connectivity index (χ0v) is 19.7. The second kappa shape index (κ2) is 8.83. The summed E-state index contributed by atoms with van der Waals surface area (Å²) in [4.78, 5) is 12.4. The van der Waals surface area contributed by atoms with Crippen molar-refractivity contribution < 1.29 is 37.3 Å². The van der Waals surface area contributed by atoms with Crippen LogP contribution in [-0.4, -0.2) is 52.7 Å². The number of amides is 1. The minimum atomic E-state index is -4.01. The monoisotopic (exact) mass is 515 g/mol. The lowest BCUT2D eigenvalue weighted by atomic mass is 9.51. The van der Waals surface area contributed by atoms with Crippen LogP contribution in [0.25, 0.3) is 0 Å². The van der Waals surface area contributed by atoms with E-state index in [0.29, 0.717) is 6.42 Å². The Morgan fingerprint density at radius 1 is 1.09 bits per heavy atom. The molecule has 3 aliphatic carbocycles. The van der Waals surface area contributed by atoms with Crippen LogP contribution in [0.4, 0.5) is 14.5 Å². The Bertz CT molecular complexity index is 1230. The van der Waals surface area contributed by atoms with Crippen LogP contribution in [0.1, 0.15) is 36.5 Å².